The molecule has 0 radical (unpaired) electrons. The molecule has 2 N–H and O–H groups in total. The van der Waals surface area contributed by atoms with Crippen molar-refractivity contribution < 1.29 is 13.2 Å². The monoisotopic (exact) mass is 310 g/mol. The van der Waals surface area contributed by atoms with Gasteiger partial charge in [0.15, 0.2) is 0 Å². The van der Waals surface area contributed by atoms with Crippen LogP contribution in [-0.4, -0.2) is 26.4 Å². The van der Waals surface area contributed by atoms with Crippen LogP contribution in [0.25, 0.3) is 0 Å². The molecule has 1 aliphatic rings. The average Bonchev–Trinajstić information content (AvgIpc) is 2.91. The van der Waals surface area contributed by atoms with E-state index in [2.05, 4.69) is 10.0 Å². The van der Waals surface area contributed by atoms with Crippen LogP contribution in [0.1, 0.15) is 38.2 Å². The highest BCUT2D eigenvalue weighted by Crippen LogP contribution is 2.18. The molecule has 5 nitrogen and oxygen atoms in total. The Morgan fingerprint density at radius 1 is 1.29 bits per heavy atom. The highest BCUT2D eigenvalue weighted by molar-refractivity contribution is 7.89. The van der Waals surface area contributed by atoms with Crippen LogP contribution in [0.15, 0.2) is 29.2 Å². The summed E-state index contributed by atoms with van der Waals surface area (Å²) >= 11 is 0. The van der Waals surface area contributed by atoms with Crippen molar-refractivity contribution in [3.05, 3.63) is 29.8 Å². The van der Waals surface area contributed by atoms with Gasteiger partial charge in [-0.05, 0) is 44.4 Å². The quantitative estimate of drug-likeness (QED) is 0.869. The zero-order valence-corrected chi connectivity index (χ0v) is 13.2. The Balaban J connectivity index is 2.00. The molecule has 1 aliphatic carbocycles. The number of amides is 1. The molecule has 0 saturated heterocycles. The van der Waals surface area contributed by atoms with Gasteiger partial charge in [0.05, 0.1) is 10.9 Å². The van der Waals surface area contributed by atoms with E-state index in [1.54, 1.807) is 19.1 Å². The van der Waals surface area contributed by atoms with Crippen LogP contribution >= 0.6 is 0 Å². The molecule has 2 rings (SSSR count). The Kier molecular flexibility index (Phi) is 5.00. The number of sulfonamides is 1. The second kappa shape index (κ2) is 6.58. The van der Waals surface area contributed by atoms with Gasteiger partial charge in [0, 0.05) is 6.04 Å². The highest BCUT2D eigenvalue weighted by atomic mass is 32.2. The summed E-state index contributed by atoms with van der Waals surface area (Å²) in [6, 6.07) is 6.03. The van der Waals surface area contributed by atoms with Crippen molar-refractivity contribution >= 4 is 15.9 Å². The molecule has 1 aromatic rings. The number of carbonyl (C=O) groups excluding carboxylic acids is 1. The first-order valence-corrected chi connectivity index (χ1v) is 8.76. The number of hydrogen-bond donors (Lipinski definition) is 2. The van der Waals surface area contributed by atoms with Gasteiger partial charge in [-0.3, -0.25) is 4.79 Å². The van der Waals surface area contributed by atoms with Crippen molar-refractivity contribution in [2.24, 2.45) is 0 Å². The maximum atomic E-state index is 12.2. The number of hydrogen-bond acceptors (Lipinski definition) is 3. The lowest BCUT2D eigenvalue weighted by Crippen LogP contribution is -2.47. The van der Waals surface area contributed by atoms with Gasteiger partial charge < -0.3 is 5.32 Å². The Morgan fingerprint density at radius 2 is 1.95 bits per heavy atom. The Bertz CT molecular complexity index is 607. The van der Waals surface area contributed by atoms with E-state index < -0.39 is 16.1 Å². The van der Waals surface area contributed by atoms with Crippen LogP contribution in [0.5, 0.6) is 0 Å². The molecule has 1 atom stereocenters. The molecular formula is C15H22N2O3S. The lowest BCUT2D eigenvalue weighted by atomic mass is 10.2. The summed E-state index contributed by atoms with van der Waals surface area (Å²) in [5.74, 6) is -0.266. The predicted molar refractivity (Wildman–Crippen MR) is 81.4 cm³/mol. The Morgan fingerprint density at radius 3 is 2.57 bits per heavy atom. The second-order valence-electron chi connectivity index (χ2n) is 5.65. The molecule has 0 aliphatic heterocycles. The van der Waals surface area contributed by atoms with Crippen LogP contribution in [0.3, 0.4) is 0 Å². The van der Waals surface area contributed by atoms with Crippen molar-refractivity contribution in [3.63, 3.8) is 0 Å². The third-order valence-corrected chi connectivity index (χ3v) is 5.26. The van der Waals surface area contributed by atoms with Gasteiger partial charge in [-0.1, -0.05) is 25.0 Å². The Hall–Kier alpha value is -1.40. The van der Waals surface area contributed by atoms with E-state index in [1.807, 2.05) is 13.0 Å². The van der Waals surface area contributed by atoms with Gasteiger partial charge in [0.1, 0.15) is 0 Å². The fraction of sp³-hybridized carbons (Fsp3) is 0.533. The molecule has 1 fully saturated rings. The van der Waals surface area contributed by atoms with E-state index in [1.165, 1.54) is 6.07 Å². The third kappa shape index (κ3) is 4.28. The van der Waals surface area contributed by atoms with E-state index in [4.69, 9.17) is 0 Å². The third-order valence-electron chi connectivity index (χ3n) is 3.73. The van der Waals surface area contributed by atoms with E-state index >= 15 is 0 Å². The summed E-state index contributed by atoms with van der Waals surface area (Å²) in [6.07, 6.45) is 4.19. The van der Waals surface area contributed by atoms with Gasteiger partial charge >= 0.3 is 0 Å². The topological polar surface area (TPSA) is 75.3 Å². The van der Waals surface area contributed by atoms with Gasteiger partial charge in [-0.2, -0.15) is 4.72 Å². The van der Waals surface area contributed by atoms with Crippen LogP contribution in [0.4, 0.5) is 0 Å². The zero-order chi connectivity index (χ0) is 15.5. The predicted octanol–water partition coefficient (Wildman–Crippen LogP) is 1.72. The van der Waals surface area contributed by atoms with Crippen molar-refractivity contribution in [1.29, 1.82) is 0 Å². The molecule has 116 valence electrons. The first-order chi connectivity index (χ1) is 9.88. The number of aryl methyl sites for hydroxylation is 1. The number of benzene rings is 1. The van der Waals surface area contributed by atoms with Gasteiger partial charge in [0.25, 0.3) is 0 Å². The van der Waals surface area contributed by atoms with E-state index in [0.29, 0.717) is 0 Å². The maximum absolute atomic E-state index is 12.2. The molecule has 1 aromatic carbocycles. The van der Waals surface area contributed by atoms with Crippen LogP contribution < -0.4 is 10.0 Å². The summed E-state index contributed by atoms with van der Waals surface area (Å²) in [5.41, 5.74) is 0.862. The van der Waals surface area contributed by atoms with Gasteiger partial charge in [-0.15, -0.1) is 0 Å². The zero-order valence-electron chi connectivity index (χ0n) is 12.4. The number of nitrogens with one attached hydrogen (secondary N) is 2. The highest BCUT2D eigenvalue weighted by Gasteiger charge is 2.24. The molecule has 0 bridgehead atoms. The molecule has 1 amide bonds. The molecule has 0 spiro atoms. The molecule has 0 heterocycles. The number of rotatable bonds is 5. The van der Waals surface area contributed by atoms with Gasteiger partial charge in [-0.25, -0.2) is 8.42 Å². The summed E-state index contributed by atoms with van der Waals surface area (Å²) in [6.45, 7) is 3.40. The fourth-order valence-corrected chi connectivity index (χ4v) is 3.84. The molecular weight excluding hydrogens is 288 g/mol. The largest absolute Gasteiger partial charge is 0.352 e. The molecule has 0 aromatic heterocycles. The van der Waals surface area contributed by atoms with E-state index in [9.17, 15) is 13.2 Å². The molecule has 21 heavy (non-hydrogen) atoms. The standard InChI is InChI=1S/C15H22N2O3S/c1-11-6-5-9-14(10-11)21(19,20)17-12(2)15(18)16-13-7-3-4-8-13/h5-6,9-10,12-13,17H,3-4,7-8H2,1-2H3,(H,16,18). The Labute approximate surface area is 126 Å². The lowest BCUT2D eigenvalue weighted by Gasteiger charge is -2.18. The van der Waals surface area contributed by atoms with Crippen molar-refractivity contribution in [1.82, 2.24) is 10.0 Å². The summed E-state index contributed by atoms with van der Waals surface area (Å²) in [7, 11) is -3.67. The van der Waals surface area contributed by atoms with E-state index in [-0.39, 0.29) is 16.8 Å². The van der Waals surface area contributed by atoms with Crippen LogP contribution in [0.2, 0.25) is 0 Å². The van der Waals surface area contributed by atoms with E-state index in [0.717, 1.165) is 31.2 Å². The van der Waals surface area contributed by atoms with Crippen LogP contribution in [-0.2, 0) is 14.8 Å². The van der Waals surface area contributed by atoms with Gasteiger partial charge in [0.2, 0.25) is 15.9 Å². The summed E-state index contributed by atoms with van der Waals surface area (Å²) < 4.78 is 26.9. The summed E-state index contributed by atoms with van der Waals surface area (Å²) in [5, 5.41) is 2.90. The fourth-order valence-electron chi connectivity index (χ4n) is 2.53. The molecule has 6 heteroatoms. The SMILES string of the molecule is Cc1cccc(S(=O)(=O)NC(C)C(=O)NC2CCCC2)c1. The first kappa shape index (κ1) is 16.0. The number of carbonyl (C=O) groups is 1. The van der Waals surface area contributed by atoms with Crippen LogP contribution in [0, 0.1) is 6.92 Å². The van der Waals surface area contributed by atoms with Crippen molar-refractivity contribution in [2.75, 3.05) is 0 Å². The smallest absolute Gasteiger partial charge is 0.241 e. The minimum Gasteiger partial charge on any atom is -0.352 e. The molecule has 1 unspecified atom stereocenters. The van der Waals surface area contributed by atoms with Crippen molar-refractivity contribution in [2.45, 2.75) is 56.5 Å². The lowest BCUT2D eigenvalue weighted by molar-refractivity contribution is -0.123. The summed E-state index contributed by atoms with van der Waals surface area (Å²) in [4.78, 5) is 12.2. The normalized spacial score (nSPS) is 17.6. The molecule has 1 saturated carbocycles. The second-order valence-corrected chi connectivity index (χ2v) is 7.36. The minimum atomic E-state index is -3.67. The average molecular weight is 310 g/mol. The minimum absolute atomic E-state index is 0.183. The maximum Gasteiger partial charge on any atom is 0.241 e. The van der Waals surface area contributed by atoms with Crippen molar-refractivity contribution in [3.8, 4) is 0 Å². The first-order valence-electron chi connectivity index (χ1n) is 7.28.